The number of benzene rings is 2. The average molecular weight is 470 g/mol. The number of hydrogen-bond acceptors (Lipinski definition) is 4. The molecule has 1 N–H and O–H groups in total. The minimum Gasteiger partial charge on any atom is -0.351 e. The Kier molecular flexibility index (Phi) is 7.55. The van der Waals surface area contributed by atoms with Crippen LogP contribution >= 0.6 is 0 Å². The van der Waals surface area contributed by atoms with Crippen molar-refractivity contribution in [2.24, 2.45) is 0 Å². The molecule has 2 amide bonds. The quantitative estimate of drug-likeness (QED) is 0.397. The third-order valence-electron chi connectivity index (χ3n) is 6.26. The molecule has 0 spiro atoms. The van der Waals surface area contributed by atoms with Gasteiger partial charge in [-0.2, -0.15) is 5.10 Å². The molecular formula is C28H31N5O2. The average Bonchev–Trinajstić information content (AvgIpc) is 3.28. The number of aromatic nitrogens is 3. The van der Waals surface area contributed by atoms with Crippen molar-refractivity contribution in [3.63, 3.8) is 0 Å². The van der Waals surface area contributed by atoms with Crippen LogP contribution in [0.3, 0.4) is 0 Å². The number of fused-ring (bicyclic) bond motifs is 1. The highest BCUT2D eigenvalue weighted by molar-refractivity contribution is 6.05. The zero-order chi connectivity index (χ0) is 24.8. The number of pyridine rings is 1. The van der Waals surface area contributed by atoms with Crippen LogP contribution < -0.4 is 5.32 Å². The molecule has 0 aliphatic rings. The van der Waals surface area contributed by atoms with E-state index in [9.17, 15) is 9.59 Å². The van der Waals surface area contributed by atoms with Crippen LogP contribution in [0.1, 0.15) is 45.6 Å². The largest absolute Gasteiger partial charge is 0.351 e. The Morgan fingerprint density at radius 3 is 2.57 bits per heavy atom. The smallest absolute Gasteiger partial charge is 0.273 e. The van der Waals surface area contributed by atoms with Crippen molar-refractivity contribution in [1.29, 1.82) is 0 Å². The van der Waals surface area contributed by atoms with Crippen LogP contribution in [0.25, 0.3) is 10.8 Å². The van der Waals surface area contributed by atoms with Crippen LogP contribution in [0.4, 0.5) is 0 Å². The standard InChI is InChI=1S/C28H31N5O2/c1-4-33-25(18-20(2)31-33)27(34)30-17-15-23(19-21-10-6-5-7-11-21)32(3)28(35)26-24-13-9-8-12-22(24)14-16-29-26/h5-14,16,18,23H,4,15,17,19H2,1-3H3,(H,30,34)/t23-/m1/s1. The minimum absolute atomic E-state index is 0.121. The van der Waals surface area contributed by atoms with E-state index in [1.165, 1.54) is 0 Å². The summed E-state index contributed by atoms with van der Waals surface area (Å²) in [6, 6.07) is 21.4. The molecule has 0 bridgehead atoms. The topological polar surface area (TPSA) is 80.1 Å². The lowest BCUT2D eigenvalue weighted by atomic mass is 10.0. The van der Waals surface area contributed by atoms with E-state index in [1.807, 2.05) is 69.4 Å². The first-order valence-electron chi connectivity index (χ1n) is 12.0. The van der Waals surface area contributed by atoms with Gasteiger partial charge in [0.2, 0.25) is 0 Å². The molecule has 7 nitrogen and oxygen atoms in total. The molecule has 0 saturated heterocycles. The molecule has 0 aliphatic heterocycles. The summed E-state index contributed by atoms with van der Waals surface area (Å²) in [6.45, 7) is 4.90. The minimum atomic E-state index is -0.157. The van der Waals surface area contributed by atoms with Gasteiger partial charge in [-0.25, -0.2) is 0 Å². The predicted molar refractivity (Wildman–Crippen MR) is 137 cm³/mol. The Morgan fingerprint density at radius 2 is 1.80 bits per heavy atom. The fraction of sp³-hybridized carbons (Fsp3) is 0.286. The summed E-state index contributed by atoms with van der Waals surface area (Å²) >= 11 is 0. The van der Waals surface area contributed by atoms with Crippen molar-refractivity contribution in [3.05, 3.63) is 95.6 Å². The molecule has 35 heavy (non-hydrogen) atoms. The van der Waals surface area contributed by atoms with E-state index >= 15 is 0 Å². The summed E-state index contributed by atoms with van der Waals surface area (Å²) in [5.74, 6) is -0.288. The maximum absolute atomic E-state index is 13.6. The lowest BCUT2D eigenvalue weighted by molar-refractivity contribution is 0.0719. The van der Waals surface area contributed by atoms with Crippen LogP contribution in [-0.2, 0) is 13.0 Å². The summed E-state index contributed by atoms with van der Waals surface area (Å²) in [4.78, 5) is 32.5. The van der Waals surface area contributed by atoms with E-state index in [-0.39, 0.29) is 17.9 Å². The van der Waals surface area contributed by atoms with Crippen LogP contribution in [0.15, 0.2) is 72.9 Å². The fourth-order valence-corrected chi connectivity index (χ4v) is 4.35. The number of hydrogen-bond donors (Lipinski definition) is 1. The molecule has 0 radical (unpaired) electrons. The van der Waals surface area contributed by atoms with Crippen molar-refractivity contribution in [2.45, 2.75) is 39.3 Å². The lowest BCUT2D eigenvalue weighted by Crippen LogP contribution is -2.41. The van der Waals surface area contributed by atoms with Gasteiger partial charge in [0.05, 0.1) is 5.69 Å². The second kappa shape index (κ2) is 11.0. The number of aryl methyl sites for hydroxylation is 2. The first-order valence-corrected chi connectivity index (χ1v) is 12.0. The lowest BCUT2D eigenvalue weighted by Gasteiger charge is -2.29. The number of carbonyl (C=O) groups is 2. The van der Waals surface area contributed by atoms with Crippen molar-refractivity contribution < 1.29 is 9.59 Å². The second-order valence-electron chi connectivity index (χ2n) is 8.67. The highest BCUT2D eigenvalue weighted by Crippen LogP contribution is 2.20. The van der Waals surface area contributed by atoms with E-state index in [0.717, 1.165) is 22.0 Å². The third-order valence-corrected chi connectivity index (χ3v) is 6.26. The van der Waals surface area contributed by atoms with Gasteiger partial charge in [0.25, 0.3) is 11.8 Å². The first-order chi connectivity index (χ1) is 17.0. The molecule has 0 fully saturated rings. The number of likely N-dealkylation sites (N-methyl/N-ethyl adjacent to an activating group) is 1. The number of nitrogens with one attached hydrogen (secondary N) is 1. The van der Waals surface area contributed by atoms with Crippen LogP contribution in [0, 0.1) is 6.92 Å². The summed E-state index contributed by atoms with van der Waals surface area (Å²) in [7, 11) is 1.82. The van der Waals surface area contributed by atoms with E-state index in [4.69, 9.17) is 0 Å². The van der Waals surface area contributed by atoms with Gasteiger partial charge in [-0.15, -0.1) is 0 Å². The van der Waals surface area contributed by atoms with Crippen molar-refractivity contribution in [1.82, 2.24) is 25.0 Å². The summed E-state index contributed by atoms with van der Waals surface area (Å²) in [6.07, 6.45) is 2.96. The molecule has 4 rings (SSSR count). The van der Waals surface area contributed by atoms with Crippen LogP contribution in [0.2, 0.25) is 0 Å². The van der Waals surface area contributed by atoms with E-state index in [0.29, 0.717) is 37.3 Å². The maximum Gasteiger partial charge on any atom is 0.273 e. The second-order valence-corrected chi connectivity index (χ2v) is 8.67. The van der Waals surface area contributed by atoms with Gasteiger partial charge in [-0.3, -0.25) is 19.3 Å². The van der Waals surface area contributed by atoms with Gasteiger partial charge in [0, 0.05) is 37.8 Å². The molecule has 2 heterocycles. The highest BCUT2D eigenvalue weighted by atomic mass is 16.2. The van der Waals surface area contributed by atoms with E-state index in [2.05, 4.69) is 27.5 Å². The van der Waals surface area contributed by atoms with Gasteiger partial charge in [-0.1, -0.05) is 54.6 Å². The van der Waals surface area contributed by atoms with Gasteiger partial charge in [0.15, 0.2) is 0 Å². The summed E-state index contributed by atoms with van der Waals surface area (Å²) < 4.78 is 1.70. The molecule has 7 heteroatoms. The van der Waals surface area contributed by atoms with Crippen molar-refractivity contribution >= 4 is 22.6 Å². The van der Waals surface area contributed by atoms with Crippen molar-refractivity contribution in [2.75, 3.05) is 13.6 Å². The maximum atomic E-state index is 13.6. The molecule has 0 aliphatic carbocycles. The van der Waals surface area contributed by atoms with E-state index in [1.54, 1.807) is 21.8 Å². The normalized spacial score (nSPS) is 11.9. The number of carbonyl (C=O) groups excluding carboxylic acids is 2. The van der Waals surface area contributed by atoms with Crippen LogP contribution in [-0.4, -0.2) is 51.1 Å². The van der Waals surface area contributed by atoms with Gasteiger partial charge in [-0.05, 0) is 49.8 Å². The summed E-state index contributed by atoms with van der Waals surface area (Å²) in [5.41, 5.74) is 2.94. The molecule has 1 atom stereocenters. The predicted octanol–water partition coefficient (Wildman–Crippen LogP) is 4.26. The Morgan fingerprint density at radius 1 is 1.06 bits per heavy atom. The fourth-order valence-electron chi connectivity index (χ4n) is 4.35. The molecular weight excluding hydrogens is 438 g/mol. The number of amides is 2. The SMILES string of the molecule is CCn1nc(C)cc1C(=O)NCC[C@H](Cc1ccccc1)N(C)C(=O)c1nccc2ccccc12. The molecule has 2 aromatic heterocycles. The third kappa shape index (κ3) is 5.57. The van der Waals surface area contributed by atoms with Gasteiger partial charge >= 0.3 is 0 Å². The highest BCUT2D eigenvalue weighted by Gasteiger charge is 2.24. The molecule has 180 valence electrons. The molecule has 4 aromatic rings. The monoisotopic (exact) mass is 469 g/mol. The van der Waals surface area contributed by atoms with Crippen molar-refractivity contribution in [3.8, 4) is 0 Å². The Hall–Kier alpha value is -4.00. The Labute approximate surface area is 205 Å². The summed E-state index contributed by atoms with van der Waals surface area (Å²) in [5, 5.41) is 9.18. The van der Waals surface area contributed by atoms with Gasteiger partial charge in [0.1, 0.15) is 11.4 Å². The Balaban J connectivity index is 1.52. The first kappa shape index (κ1) is 24.1. The van der Waals surface area contributed by atoms with Gasteiger partial charge < -0.3 is 10.2 Å². The van der Waals surface area contributed by atoms with E-state index < -0.39 is 0 Å². The number of nitrogens with zero attached hydrogens (tertiary/aromatic N) is 4. The Bertz CT molecular complexity index is 1310. The zero-order valence-corrected chi connectivity index (χ0v) is 20.4. The molecule has 0 unspecified atom stereocenters. The molecule has 0 saturated carbocycles. The zero-order valence-electron chi connectivity index (χ0n) is 20.4. The molecule has 2 aromatic carbocycles. The van der Waals surface area contributed by atoms with Crippen LogP contribution in [0.5, 0.6) is 0 Å². The number of rotatable bonds is 9.